The maximum Gasteiger partial charge on any atom is 0.319 e. The number of halogens is 1. The molecule has 0 bridgehead atoms. The van der Waals surface area contributed by atoms with E-state index in [-0.39, 0.29) is 6.03 Å². The number of amides is 2. The van der Waals surface area contributed by atoms with Crippen LogP contribution in [-0.2, 0) is 13.6 Å². The standard InChI is InChI=1S/C13H12ClN5O/c1-19-5-4-16-12(19)8-17-13(20)18-11-3-2-9(7-15)6-10(11)14/h2-6H,8H2,1H3,(H2,17,18,20). The van der Waals surface area contributed by atoms with Crippen LogP contribution in [0.25, 0.3) is 0 Å². The number of nitrogens with one attached hydrogen (secondary N) is 2. The molecule has 1 aromatic heterocycles. The summed E-state index contributed by atoms with van der Waals surface area (Å²) in [4.78, 5) is 15.8. The fraction of sp³-hybridized carbons (Fsp3) is 0.154. The Bertz CT molecular complexity index is 674. The predicted octanol–water partition coefficient (Wildman–Crippen LogP) is 2.27. The minimum atomic E-state index is -0.389. The molecule has 2 amide bonds. The molecule has 1 aromatic carbocycles. The van der Waals surface area contributed by atoms with Gasteiger partial charge in [-0.2, -0.15) is 5.26 Å². The van der Waals surface area contributed by atoms with Gasteiger partial charge in [0, 0.05) is 19.4 Å². The summed E-state index contributed by atoms with van der Waals surface area (Å²) in [6.07, 6.45) is 3.46. The summed E-state index contributed by atoms with van der Waals surface area (Å²) in [6, 6.07) is 6.25. The molecule has 2 aromatic rings. The minimum Gasteiger partial charge on any atom is -0.337 e. The maximum atomic E-state index is 11.7. The highest BCUT2D eigenvalue weighted by Gasteiger charge is 2.07. The number of hydrogen-bond donors (Lipinski definition) is 2. The van der Waals surface area contributed by atoms with Crippen molar-refractivity contribution in [2.75, 3.05) is 5.32 Å². The number of urea groups is 1. The molecule has 0 saturated heterocycles. The van der Waals surface area contributed by atoms with Crippen molar-refractivity contribution in [1.82, 2.24) is 14.9 Å². The highest BCUT2D eigenvalue weighted by atomic mass is 35.5. The lowest BCUT2D eigenvalue weighted by Crippen LogP contribution is -2.29. The van der Waals surface area contributed by atoms with E-state index in [9.17, 15) is 4.79 Å². The van der Waals surface area contributed by atoms with Gasteiger partial charge >= 0.3 is 6.03 Å². The maximum absolute atomic E-state index is 11.7. The van der Waals surface area contributed by atoms with Crippen LogP contribution in [0.5, 0.6) is 0 Å². The number of carbonyl (C=O) groups excluding carboxylic acids is 1. The predicted molar refractivity (Wildman–Crippen MR) is 75.2 cm³/mol. The van der Waals surface area contributed by atoms with Gasteiger partial charge in [0.15, 0.2) is 0 Å². The average Bonchev–Trinajstić information content (AvgIpc) is 2.84. The van der Waals surface area contributed by atoms with E-state index in [0.717, 1.165) is 5.82 Å². The van der Waals surface area contributed by atoms with E-state index in [4.69, 9.17) is 16.9 Å². The number of nitriles is 1. The molecule has 2 N–H and O–H groups in total. The van der Waals surface area contributed by atoms with Gasteiger partial charge in [0.2, 0.25) is 0 Å². The molecule has 0 aliphatic rings. The van der Waals surface area contributed by atoms with Crippen molar-refractivity contribution in [3.05, 3.63) is 47.0 Å². The van der Waals surface area contributed by atoms with Gasteiger partial charge in [0.1, 0.15) is 5.82 Å². The normalized spacial score (nSPS) is 9.85. The number of anilines is 1. The van der Waals surface area contributed by atoms with E-state index in [0.29, 0.717) is 22.8 Å². The Balaban J connectivity index is 1.95. The van der Waals surface area contributed by atoms with Crippen LogP contribution in [0.15, 0.2) is 30.6 Å². The van der Waals surface area contributed by atoms with Crippen molar-refractivity contribution < 1.29 is 4.79 Å². The van der Waals surface area contributed by atoms with E-state index in [1.165, 1.54) is 6.07 Å². The zero-order chi connectivity index (χ0) is 14.5. The molecule has 7 heteroatoms. The van der Waals surface area contributed by atoms with Crippen molar-refractivity contribution in [3.8, 4) is 6.07 Å². The lowest BCUT2D eigenvalue weighted by molar-refractivity contribution is 0.251. The second-order valence-corrected chi connectivity index (χ2v) is 4.48. The summed E-state index contributed by atoms with van der Waals surface area (Å²) in [5.74, 6) is 0.742. The molecule has 0 aliphatic heterocycles. The molecule has 0 radical (unpaired) electrons. The third kappa shape index (κ3) is 3.28. The largest absolute Gasteiger partial charge is 0.337 e. The molecule has 2 rings (SSSR count). The van der Waals surface area contributed by atoms with Crippen LogP contribution in [0.1, 0.15) is 11.4 Å². The number of benzene rings is 1. The number of aryl methyl sites for hydroxylation is 1. The molecular weight excluding hydrogens is 278 g/mol. The zero-order valence-corrected chi connectivity index (χ0v) is 11.5. The molecule has 6 nitrogen and oxygen atoms in total. The van der Waals surface area contributed by atoms with E-state index in [1.807, 2.05) is 17.7 Å². The lowest BCUT2D eigenvalue weighted by atomic mass is 10.2. The van der Waals surface area contributed by atoms with Crippen molar-refractivity contribution in [2.24, 2.45) is 7.05 Å². The third-order valence-corrected chi connectivity index (χ3v) is 2.99. The first kappa shape index (κ1) is 13.9. The van der Waals surface area contributed by atoms with E-state index in [2.05, 4.69) is 15.6 Å². The summed E-state index contributed by atoms with van der Waals surface area (Å²) >= 11 is 5.97. The van der Waals surface area contributed by atoms with Crippen LogP contribution in [0.4, 0.5) is 10.5 Å². The summed E-state index contributed by atoms with van der Waals surface area (Å²) < 4.78 is 1.81. The quantitative estimate of drug-likeness (QED) is 0.909. The smallest absolute Gasteiger partial charge is 0.319 e. The average molecular weight is 290 g/mol. The van der Waals surface area contributed by atoms with Crippen LogP contribution in [0, 0.1) is 11.3 Å². The SMILES string of the molecule is Cn1ccnc1CNC(=O)Nc1ccc(C#N)cc1Cl. The van der Waals surface area contributed by atoms with Crippen LogP contribution in [-0.4, -0.2) is 15.6 Å². The Labute approximate surface area is 121 Å². The Morgan fingerprint density at radius 3 is 2.95 bits per heavy atom. The van der Waals surface area contributed by atoms with Crippen molar-refractivity contribution in [2.45, 2.75) is 6.54 Å². The summed E-state index contributed by atoms with van der Waals surface area (Å²) in [5.41, 5.74) is 0.886. The highest BCUT2D eigenvalue weighted by molar-refractivity contribution is 6.33. The molecule has 102 valence electrons. The number of aromatic nitrogens is 2. The first-order valence-electron chi connectivity index (χ1n) is 5.81. The van der Waals surface area contributed by atoms with E-state index >= 15 is 0 Å². The first-order valence-corrected chi connectivity index (χ1v) is 6.18. The summed E-state index contributed by atoms with van der Waals surface area (Å²) in [6.45, 7) is 0.309. The highest BCUT2D eigenvalue weighted by Crippen LogP contribution is 2.22. The van der Waals surface area contributed by atoms with E-state index < -0.39 is 0 Å². The Morgan fingerprint density at radius 1 is 1.55 bits per heavy atom. The fourth-order valence-electron chi connectivity index (χ4n) is 1.58. The second kappa shape index (κ2) is 6.08. The van der Waals surface area contributed by atoms with Crippen LogP contribution in [0.2, 0.25) is 5.02 Å². The van der Waals surface area contributed by atoms with Crippen LogP contribution in [0.3, 0.4) is 0 Å². The molecule has 1 heterocycles. The lowest BCUT2D eigenvalue weighted by Gasteiger charge is -2.09. The van der Waals surface area contributed by atoms with Gasteiger partial charge < -0.3 is 15.2 Å². The van der Waals surface area contributed by atoms with Crippen LogP contribution >= 0.6 is 11.6 Å². The monoisotopic (exact) mass is 289 g/mol. The Kier molecular flexibility index (Phi) is 4.23. The van der Waals surface area contributed by atoms with Gasteiger partial charge in [-0.05, 0) is 18.2 Å². The number of carbonyl (C=O) groups is 1. The number of nitrogens with zero attached hydrogens (tertiary/aromatic N) is 3. The van der Waals surface area contributed by atoms with Crippen LogP contribution < -0.4 is 10.6 Å². The van der Waals surface area contributed by atoms with E-state index in [1.54, 1.807) is 24.5 Å². The van der Waals surface area contributed by atoms with Crippen molar-refractivity contribution >= 4 is 23.3 Å². The van der Waals surface area contributed by atoms with Gasteiger partial charge in [-0.3, -0.25) is 0 Å². The molecule has 0 aliphatic carbocycles. The fourth-order valence-corrected chi connectivity index (χ4v) is 1.81. The molecule has 0 unspecified atom stereocenters. The van der Waals surface area contributed by atoms with Gasteiger partial charge in [0.25, 0.3) is 0 Å². The first-order chi connectivity index (χ1) is 9.60. The molecule has 0 atom stereocenters. The number of imidazole rings is 1. The summed E-state index contributed by atoms with van der Waals surface area (Å²) in [5, 5.41) is 14.3. The van der Waals surface area contributed by atoms with Crippen molar-refractivity contribution in [3.63, 3.8) is 0 Å². The number of hydrogen-bond acceptors (Lipinski definition) is 3. The number of rotatable bonds is 3. The van der Waals surface area contributed by atoms with Gasteiger partial charge in [0.05, 0.1) is 28.9 Å². The van der Waals surface area contributed by atoms with Gasteiger partial charge in [-0.25, -0.2) is 9.78 Å². The topological polar surface area (TPSA) is 82.7 Å². The zero-order valence-electron chi connectivity index (χ0n) is 10.7. The van der Waals surface area contributed by atoms with Gasteiger partial charge in [-0.15, -0.1) is 0 Å². The third-order valence-electron chi connectivity index (χ3n) is 2.67. The Hall–Kier alpha value is -2.52. The molecule has 20 heavy (non-hydrogen) atoms. The molecule has 0 fully saturated rings. The molecule has 0 saturated carbocycles. The van der Waals surface area contributed by atoms with Crippen molar-refractivity contribution in [1.29, 1.82) is 5.26 Å². The molecular formula is C13H12ClN5O. The molecule has 0 spiro atoms. The Morgan fingerprint density at radius 2 is 2.35 bits per heavy atom. The second-order valence-electron chi connectivity index (χ2n) is 4.07. The van der Waals surface area contributed by atoms with Gasteiger partial charge in [-0.1, -0.05) is 11.6 Å². The summed E-state index contributed by atoms with van der Waals surface area (Å²) in [7, 11) is 1.85. The minimum absolute atomic E-state index is 0.309.